The summed E-state index contributed by atoms with van der Waals surface area (Å²) in [6.07, 6.45) is 12.7. The lowest BCUT2D eigenvalue weighted by Gasteiger charge is -2.49. The second kappa shape index (κ2) is 4.64. The van der Waals surface area contributed by atoms with Crippen LogP contribution in [0.5, 0.6) is 0 Å². The van der Waals surface area contributed by atoms with Gasteiger partial charge in [-0.05, 0) is 37.3 Å². The molecule has 3 heterocycles. The van der Waals surface area contributed by atoms with E-state index in [1.54, 1.807) is 6.20 Å². The highest BCUT2D eigenvalue weighted by atomic mass is 19.1. The first-order valence-corrected chi connectivity index (χ1v) is 7.70. The summed E-state index contributed by atoms with van der Waals surface area (Å²) < 4.78 is 13.5. The normalized spacial score (nSPS) is 35.4. The fourth-order valence-electron chi connectivity index (χ4n) is 4.14. The van der Waals surface area contributed by atoms with Crippen molar-refractivity contribution in [2.75, 3.05) is 0 Å². The van der Waals surface area contributed by atoms with Crippen LogP contribution in [-0.4, -0.2) is 28.0 Å². The molecule has 2 aliphatic heterocycles. The Kier molecular flexibility index (Phi) is 2.87. The Bertz CT molecular complexity index is 613. The van der Waals surface area contributed by atoms with E-state index in [-0.39, 0.29) is 5.82 Å². The van der Waals surface area contributed by atoms with Gasteiger partial charge in [0.05, 0.1) is 17.7 Å². The van der Waals surface area contributed by atoms with Crippen LogP contribution in [0.1, 0.15) is 37.7 Å². The molecule has 108 valence electrons. The zero-order valence-electron chi connectivity index (χ0n) is 11.9. The Morgan fingerprint density at radius 2 is 1.95 bits per heavy atom. The fourth-order valence-corrected chi connectivity index (χ4v) is 4.14. The fraction of sp³-hybridized carbons (Fsp3) is 0.529. The number of piperidine rings is 1. The lowest BCUT2D eigenvalue weighted by Crippen LogP contribution is -2.55. The molecule has 1 unspecified atom stereocenters. The van der Waals surface area contributed by atoms with E-state index < -0.39 is 5.41 Å². The number of rotatable bonds is 2. The molecule has 21 heavy (non-hydrogen) atoms. The molecule has 1 aliphatic carbocycles. The molecular formula is C17H18FN3. The van der Waals surface area contributed by atoms with Gasteiger partial charge in [-0.25, -0.2) is 4.39 Å². The average molecular weight is 283 g/mol. The molecule has 3 nitrogen and oxygen atoms in total. The summed E-state index contributed by atoms with van der Waals surface area (Å²) in [6.45, 7) is 0. The standard InChI is InChI=1S/C17H18FN3/c18-13-6-12(9-20-10-13)17(11-19)7-15-4-5-16(8-17)21(15)14-2-1-3-14/h4-6,9-10,14-16H,1-3,7-8H2/t15-,16+,17?. The highest BCUT2D eigenvalue weighted by Gasteiger charge is 2.50. The van der Waals surface area contributed by atoms with E-state index in [0.717, 1.165) is 18.4 Å². The minimum Gasteiger partial charge on any atom is -0.287 e. The SMILES string of the molecule is N#CC1(c2cncc(F)c2)C[C@H]2C=C[C@@H](C1)N2C1CCC1. The molecule has 4 heteroatoms. The molecule has 2 fully saturated rings. The van der Waals surface area contributed by atoms with Gasteiger partial charge in [-0.1, -0.05) is 18.6 Å². The number of hydrogen-bond acceptors (Lipinski definition) is 3. The third-order valence-corrected chi connectivity index (χ3v) is 5.40. The van der Waals surface area contributed by atoms with Crippen LogP contribution in [0.2, 0.25) is 0 Å². The zero-order valence-corrected chi connectivity index (χ0v) is 11.9. The molecule has 2 bridgehead atoms. The van der Waals surface area contributed by atoms with Crippen molar-refractivity contribution in [2.24, 2.45) is 0 Å². The largest absolute Gasteiger partial charge is 0.287 e. The van der Waals surface area contributed by atoms with Crippen LogP contribution >= 0.6 is 0 Å². The summed E-state index contributed by atoms with van der Waals surface area (Å²) >= 11 is 0. The van der Waals surface area contributed by atoms with E-state index in [1.165, 1.54) is 31.5 Å². The van der Waals surface area contributed by atoms with Crippen LogP contribution in [0.3, 0.4) is 0 Å². The van der Waals surface area contributed by atoms with Crippen LogP contribution < -0.4 is 0 Å². The van der Waals surface area contributed by atoms with Crippen LogP contribution in [0.4, 0.5) is 4.39 Å². The number of halogens is 1. The Morgan fingerprint density at radius 1 is 1.24 bits per heavy atom. The topological polar surface area (TPSA) is 39.9 Å². The molecule has 1 saturated carbocycles. The monoisotopic (exact) mass is 283 g/mol. The number of aromatic nitrogens is 1. The van der Waals surface area contributed by atoms with Crippen molar-refractivity contribution >= 4 is 0 Å². The van der Waals surface area contributed by atoms with Crippen molar-refractivity contribution in [3.8, 4) is 6.07 Å². The van der Waals surface area contributed by atoms with Crippen LogP contribution in [0.25, 0.3) is 0 Å². The molecule has 1 aromatic heterocycles. The molecule has 1 aromatic rings. The first-order valence-electron chi connectivity index (χ1n) is 7.70. The predicted molar refractivity (Wildman–Crippen MR) is 76.9 cm³/mol. The molecule has 1 saturated heterocycles. The smallest absolute Gasteiger partial charge is 0.141 e. The molecule has 0 radical (unpaired) electrons. The minimum absolute atomic E-state index is 0.317. The molecule has 0 spiro atoms. The zero-order chi connectivity index (χ0) is 14.4. The Morgan fingerprint density at radius 3 is 2.48 bits per heavy atom. The lowest BCUT2D eigenvalue weighted by molar-refractivity contribution is 0.0353. The maximum Gasteiger partial charge on any atom is 0.141 e. The number of nitriles is 1. The van der Waals surface area contributed by atoms with Gasteiger partial charge in [0.25, 0.3) is 0 Å². The summed E-state index contributed by atoms with van der Waals surface area (Å²) in [6, 6.07) is 5.28. The molecule has 0 N–H and O–H groups in total. The van der Waals surface area contributed by atoms with Crippen LogP contribution in [0.15, 0.2) is 30.6 Å². The highest BCUT2D eigenvalue weighted by molar-refractivity contribution is 5.36. The first kappa shape index (κ1) is 13.0. The quantitative estimate of drug-likeness (QED) is 0.783. The Labute approximate surface area is 124 Å². The predicted octanol–water partition coefficient (Wildman–Crippen LogP) is 2.94. The Hall–Kier alpha value is -1.73. The molecule has 4 rings (SSSR count). The van der Waals surface area contributed by atoms with Gasteiger partial charge in [0, 0.05) is 24.3 Å². The molecular weight excluding hydrogens is 265 g/mol. The van der Waals surface area contributed by atoms with Crippen molar-refractivity contribution in [1.82, 2.24) is 9.88 Å². The van der Waals surface area contributed by atoms with Gasteiger partial charge >= 0.3 is 0 Å². The summed E-state index contributed by atoms with van der Waals surface area (Å²) in [5, 5.41) is 9.80. The molecule has 0 aromatic carbocycles. The second-order valence-electron chi connectivity index (χ2n) is 6.55. The minimum atomic E-state index is -0.603. The van der Waals surface area contributed by atoms with E-state index in [0.29, 0.717) is 18.1 Å². The van der Waals surface area contributed by atoms with Crippen LogP contribution in [-0.2, 0) is 5.41 Å². The third-order valence-electron chi connectivity index (χ3n) is 5.40. The van der Waals surface area contributed by atoms with Gasteiger partial charge in [0.2, 0.25) is 0 Å². The van der Waals surface area contributed by atoms with Crippen molar-refractivity contribution in [3.05, 3.63) is 42.0 Å². The number of fused-ring (bicyclic) bond motifs is 2. The second-order valence-corrected chi connectivity index (χ2v) is 6.55. The van der Waals surface area contributed by atoms with Crippen molar-refractivity contribution in [1.29, 1.82) is 5.26 Å². The van der Waals surface area contributed by atoms with E-state index in [2.05, 4.69) is 28.1 Å². The van der Waals surface area contributed by atoms with Gasteiger partial charge in [-0.15, -0.1) is 0 Å². The average Bonchev–Trinajstić information content (AvgIpc) is 2.70. The van der Waals surface area contributed by atoms with Crippen LogP contribution in [0, 0.1) is 17.1 Å². The van der Waals surface area contributed by atoms with E-state index >= 15 is 0 Å². The third kappa shape index (κ3) is 1.91. The highest BCUT2D eigenvalue weighted by Crippen LogP contribution is 2.47. The van der Waals surface area contributed by atoms with Crippen molar-refractivity contribution in [3.63, 3.8) is 0 Å². The molecule has 3 atom stereocenters. The van der Waals surface area contributed by atoms with Gasteiger partial charge in [-0.2, -0.15) is 5.26 Å². The van der Waals surface area contributed by atoms with E-state index in [9.17, 15) is 9.65 Å². The number of pyridine rings is 1. The van der Waals surface area contributed by atoms with E-state index in [1.807, 2.05) is 0 Å². The summed E-state index contributed by atoms with van der Waals surface area (Å²) in [5.74, 6) is -0.358. The van der Waals surface area contributed by atoms with Gasteiger partial charge in [0.15, 0.2) is 0 Å². The summed E-state index contributed by atoms with van der Waals surface area (Å²) in [7, 11) is 0. The maximum atomic E-state index is 13.5. The number of nitrogens with zero attached hydrogens (tertiary/aromatic N) is 3. The molecule has 0 amide bonds. The first-order chi connectivity index (χ1) is 10.2. The van der Waals surface area contributed by atoms with Crippen molar-refractivity contribution in [2.45, 2.75) is 55.6 Å². The molecule has 3 aliphatic rings. The number of hydrogen-bond donors (Lipinski definition) is 0. The van der Waals surface area contributed by atoms with Gasteiger partial charge in [-0.3, -0.25) is 9.88 Å². The summed E-state index contributed by atoms with van der Waals surface area (Å²) in [4.78, 5) is 6.52. The van der Waals surface area contributed by atoms with E-state index in [4.69, 9.17) is 0 Å². The van der Waals surface area contributed by atoms with Gasteiger partial charge in [0.1, 0.15) is 5.82 Å². The summed E-state index contributed by atoms with van der Waals surface area (Å²) in [5.41, 5.74) is 0.130. The van der Waals surface area contributed by atoms with Gasteiger partial charge < -0.3 is 0 Å². The lowest BCUT2D eigenvalue weighted by atomic mass is 9.70. The van der Waals surface area contributed by atoms with Crippen molar-refractivity contribution < 1.29 is 4.39 Å². The maximum absolute atomic E-state index is 13.5. The Balaban J connectivity index is 1.66.